The van der Waals surface area contributed by atoms with Crippen LogP contribution in [0.4, 0.5) is 0 Å². The maximum atomic E-state index is 12.9. The second kappa shape index (κ2) is 38.7. The van der Waals surface area contributed by atoms with Gasteiger partial charge in [0.05, 0.1) is 0 Å². The van der Waals surface area contributed by atoms with Crippen LogP contribution < -0.4 is 0 Å². The minimum atomic E-state index is -0.0833. The third kappa shape index (κ3) is 38.5. The molecule has 0 amide bonds. The molecular formula is C46H85NO5S. The average Bonchev–Trinajstić information content (AvgIpc) is 3.11. The number of esters is 2. The number of ether oxygens (including phenoxy) is 2. The quantitative estimate of drug-likeness (QED) is 0.0352. The first kappa shape index (κ1) is 51.4. The molecule has 0 fully saturated rings. The molecule has 0 spiro atoms. The van der Waals surface area contributed by atoms with Gasteiger partial charge in [0.15, 0.2) is 5.12 Å². The van der Waals surface area contributed by atoms with E-state index in [-0.39, 0.29) is 11.9 Å². The summed E-state index contributed by atoms with van der Waals surface area (Å²) in [5.41, 5.74) is 0. The molecule has 310 valence electrons. The van der Waals surface area contributed by atoms with Crippen LogP contribution in [0.3, 0.4) is 0 Å². The van der Waals surface area contributed by atoms with Crippen LogP contribution >= 0.6 is 11.8 Å². The lowest BCUT2D eigenvalue weighted by Crippen LogP contribution is -2.21. The van der Waals surface area contributed by atoms with Crippen molar-refractivity contribution in [1.82, 2.24) is 4.90 Å². The van der Waals surface area contributed by atoms with Crippen molar-refractivity contribution in [3.05, 3.63) is 24.3 Å². The van der Waals surface area contributed by atoms with Gasteiger partial charge in [0.2, 0.25) is 0 Å². The SMILES string of the molecule is CCCCCC/C=C\COC(=O)CCCCCCCC(CCCCCCCC(=O)OC/C=C\CCCCCC)CSC(=O)CC(C)CC(C)CN(C)C. The summed E-state index contributed by atoms with van der Waals surface area (Å²) in [6.45, 7) is 10.8. The molecular weight excluding hydrogens is 679 g/mol. The fourth-order valence-corrected chi connectivity index (χ4v) is 8.13. The minimum absolute atomic E-state index is 0.0833. The Labute approximate surface area is 332 Å². The van der Waals surface area contributed by atoms with Crippen LogP contribution in [0.2, 0.25) is 0 Å². The van der Waals surface area contributed by atoms with Crippen molar-refractivity contribution >= 4 is 28.8 Å². The maximum Gasteiger partial charge on any atom is 0.306 e. The number of thioether (sulfide) groups is 1. The van der Waals surface area contributed by atoms with Crippen molar-refractivity contribution in [2.24, 2.45) is 17.8 Å². The molecule has 0 bridgehead atoms. The smallest absolute Gasteiger partial charge is 0.306 e. The van der Waals surface area contributed by atoms with Gasteiger partial charge in [0.25, 0.3) is 0 Å². The molecule has 2 unspecified atom stereocenters. The van der Waals surface area contributed by atoms with Crippen LogP contribution in [-0.2, 0) is 23.9 Å². The Bertz CT molecular complexity index is 868. The highest BCUT2D eigenvalue weighted by atomic mass is 32.2. The van der Waals surface area contributed by atoms with Gasteiger partial charge in [-0.2, -0.15) is 0 Å². The fraction of sp³-hybridized carbons (Fsp3) is 0.848. The minimum Gasteiger partial charge on any atom is -0.461 e. The Morgan fingerprint density at radius 2 is 1.04 bits per heavy atom. The summed E-state index contributed by atoms with van der Waals surface area (Å²) < 4.78 is 10.7. The number of unbranched alkanes of at least 4 members (excludes halogenated alkanes) is 16. The molecule has 0 aromatic rings. The second-order valence-corrected chi connectivity index (χ2v) is 17.2. The van der Waals surface area contributed by atoms with Crippen LogP contribution in [0, 0.1) is 17.8 Å². The molecule has 0 rings (SSSR count). The van der Waals surface area contributed by atoms with Crippen molar-refractivity contribution < 1.29 is 23.9 Å². The molecule has 0 saturated carbocycles. The molecule has 6 nitrogen and oxygen atoms in total. The van der Waals surface area contributed by atoms with E-state index in [0.29, 0.717) is 55.3 Å². The number of rotatable bonds is 38. The highest BCUT2D eigenvalue weighted by molar-refractivity contribution is 8.13. The Hall–Kier alpha value is -1.60. The molecule has 7 heteroatoms. The monoisotopic (exact) mass is 764 g/mol. The Kier molecular flexibility index (Phi) is 37.5. The third-order valence-corrected chi connectivity index (χ3v) is 11.1. The predicted molar refractivity (Wildman–Crippen MR) is 229 cm³/mol. The molecule has 0 aliphatic heterocycles. The Balaban J connectivity index is 4.38. The van der Waals surface area contributed by atoms with Crippen molar-refractivity contribution in [3.63, 3.8) is 0 Å². The predicted octanol–water partition coefficient (Wildman–Crippen LogP) is 13.1. The van der Waals surface area contributed by atoms with Gasteiger partial charge in [-0.1, -0.05) is 154 Å². The average molecular weight is 764 g/mol. The fourth-order valence-electron chi connectivity index (χ4n) is 6.97. The molecule has 0 saturated heterocycles. The molecule has 53 heavy (non-hydrogen) atoms. The topological polar surface area (TPSA) is 72.9 Å². The largest absolute Gasteiger partial charge is 0.461 e. The van der Waals surface area contributed by atoms with Gasteiger partial charge >= 0.3 is 11.9 Å². The summed E-state index contributed by atoms with van der Waals surface area (Å²) in [7, 11) is 4.23. The molecule has 0 aliphatic carbocycles. The van der Waals surface area contributed by atoms with Crippen LogP contribution in [0.1, 0.15) is 195 Å². The van der Waals surface area contributed by atoms with E-state index < -0.39 is 0 Å². The number of hydrogen-bond acceptors (Lipinski definition) is 7. The van der Waals surface area contributed by atoms with E-state index >= 15 is 0 Å². The zero-order valence-electron chi connectivity index (χ0n) is 35.7. The van der Waals surface area contributed by atoms with Crippen molar-refractivity contribution in [2.75, 3.05) is 39.6 Å². The lowest BCUT2D eigenvalue weighted by atomic mass is 9.95. The summed E-state index contributed by atoms with van der Waals surface area (Å²) in [6, 6.07) is 0. The van der Waals surface area contributed by atoms with Crippen LogP contribution in [0.15, 0.2) is 24.3 Å². The highest BCUT2D eigenvalue weighted by Gasteiger charge is 2.17. The first-order valence-electron chi connectivity index (χ1n) is 22.1. The van der Waals surface area contributed by atoms with Gasteiger partial charge in [0, 0.05) is 31.6 Å². The number of hydrogen-bond donors (Lipinski definition) is 0. The van der Waals surface area contributed by atoms with E-state index in [0.717, 1.165) is 70.1 Å². The maximum absolute atomic E-state index is 12.9. The van der Waals surface area contributed by atoms with Crippen LogP contribution in [-0.4, -0.2) is 61.6 Å². The van der Waals surface area contributed by atoms with Gasteiger partial charge < -0.3 is 14.4 Å². The van der Waals surface area contributed by atoms with E-state index in [1.807, 2.05) is 12.2 Å². The molecule has 2 atom stereocenters. The number of nitrogens with zero attached hydrogens (tertiary/aromatic N) is 1. The summed E-state index contributed by atoms with van der Waals surface area (Å²) in [5, 5.41) is 0.350. The lowest BCUT2D eigenvalue weighted by molar-refractivity contribution is -0.143. The number of carbonyl (C=O) groups excluding carboxylic acids is 3. The number of allylic oxidation sites excluding steroid dienone is 2. The van der Waals surface area contributed by atoms with Gasteiger partial charge in [0.1, 0.15) is 13.2 Å². The summed E-state index contributed by atoms with van der Waals surface area (Å²) in [4.78, 5) is 39.3. The Morgan fingerprint density at radius 3 is 1.51 bits per heavy atom. The highest BCUT2D eigenvalue weighted by Crippen LogP contribution is 2.26. The second-order valence-electron chi connectivity index (χ2n) is 16.1. The van der Waals surface area contributed by atoms with E-state index in [1.54, 1.807) is 11.8 Å². The van der Waals surface area contributed by atoms with Crippen LogP contribution in [0.5, 0.6) is 0 Å². The first-order chi connectivity index (χ1) is 25.7. The zero-order chi connectivity index (χ0) is 39.2. The lowest BCUT2D eigenvalue weighted by Gasteiger charge is -2.20. The van der Waals surface area contributed by atoms with E-state index in [9.17, 15) is 14.4 Å². The van der Waals surface area contributed by atoms with Gasteiger partial charge in [-0.25, -0.2) is 0 Å². The summed E-state index contributed by atoms with van der Waals surface area (Å²) in [5.74, 6) is 2.35. The summed E-state index contributed by atoms with van der Waals surface area (Å²) >= 11 is 1.57. The first-order valence-corrected chi connectivity index (χ1v) is 23.1. The van der Waals surface area contributed by atoms with Gasteiger partial charge in [-0.05, 0) is 89.6 Å². The van der Waals surface area contributed by atoms with Crippen molar-refractivity contribution in [1.29, 1.82) is 0 Å². The molecule has 0 heterocycles. The third-order valence-electron chi connectivity index (χ3n) is 9.93. The molecule has 0 aromatic heterocycles. The molecule has 0 aromatic carbocycles. The number of carbonyl (C=O) groups is 3. The van der Waals surface area contributed by atoms with E-state index in [2.05, 4.69) is 58.8 Å². The van der Waals surface area contributed by atoms with Crippen LogP contribution in [0.25, 0.3) is 0 Å². The van der Waals surface area contributed by atoms with E-state index in [1.165, 1.54) is 89.9 Å². The van der Waals surface area contributed by atoms with Crippen molar-refractivity contribution in [3.8, 4) is 0 Å². The summed E-state index contributed by atoms with van der Waals surface area (Å²) in [6.07, 6.45) is 36.5. The normalized spacial score (nSPS) is 13.1. The molecule has 0 aliphatic rings. The molecule has 0 radical (unpaired) electrons. The zero-order valence-corrected chi connectivity index (χ0v) is 36.5. The standard InChI is InChI=1S/C46H85NO5S/c1-7-9-11-13-15-23-29-35-51-44(48)33-27-21-17-19-25-31-43(40-53-46(50)38-41(3)37-42(4)39-47(5)6)32-26-20-18-22-28-34-45(49)52-36-30-24-16-14-12-10-8-2/h23-24,29-30,41-43H,7-22,25-28,31-40H2,1-6H3/b29-23-,30-24-. The Morgan fingerprint density at radius 1 is 0.585 bits per heavy atom. The van der Waals surface area contributed by atoms with Gasteiger partial charge in [-0.15, -0.1) is 0 Å². The van der Waals surface area contributed by atoms with Gasteiger partial charge in [-0.3, -0.25) is 14.4 Å². The van der Waals surface area contributed by atoms with Crippen molar-refractivity contribution in [2.45, 2.75) is 195 Å². The molecule has 0 N–H and O–H groups in total. The van der Waals surface area contributed by atoms with E-state index in [4.69, 9.17) is 9.47 Å².